The highest BCUT2D eigenvalue weighted by molar-refractivity contribution is 4.89. The molecule has 24 heavy (non-hydrogen) atoms. The maximum atomic E-state index is 6.16. The maximum absolute atomic E-state index is 6.16. The molecule has 2 heteroatoms. The predicted molar refractivity (Wildman–Crippen MR) is 102 cm³/mol. The van der Waals surface area contributed by atoms with Crippen molar-refractivity contribution in [3.05, 3.63) is 0 Å². The van der Waals surface area contributed by atoms with Crippen molar-refractivity contribution in [1.82, 2.24) is 0 Å². The monoisotopic (exact) mass is 338 g/mol. The molecule has 0 saturated heterocycles. The molecule has 2 saturated carbocycles. The fourth-order valence-corrected chi connectivity index (χ4v) is 5.03. The minimum Gasteiger partial charge on any atom is -0.381 e. The minimum absolute atomic E-state index is 0.281. The van der Waals surface area contributed by atoms with Crippen molar-refractivity contribution in [2.24, 2.45) is 17.3 Å². The fraction of sp³-hybridized carbons (Fsp3) is 1.00. The highest BCUT2D eigenvalue weighted by Crippen LogP contribution is 2.44. The van der Waals surface area contributed by atoms with Crippen LogP contribution >= 0.6 is 0 Å². The van der Waals surface area contributed by atoms with Gasteiger partial charge in [0.1, 0.15) is 0 Å². The van der Waals surface area contributed by atoms with Gasteiger partial charge in [0.05, 0.1) is 13.2 Å². The molecule has 2 aliphatic carbocycles. The summed E-state index contributed by atoms with van der Waals surface area (Å²) in [7, 11) is 0. The van der Waals surface area contributed by atoms with Crippen LogP contribution in [0, 0.1) is 17.3 Å². The lowest BCUT2D eigenvalue weighted by Gasteiger charge is -2.43. The summed E-state index contributed by atoms with van der Waals surface area (Å²) in [6.45, 7) is 7.95. The Balaban J connectivity index is 2.01. The van der Waals surface area contributed by atoms with Gasteiger partial charge in [0.2, 0.25) is 0 Å². The smallest absolute Gasteiger partial charge is 0.0547 e. The Morgan fingerprint density at radius 3 is 2.04 bits per heavy atom. The SMILES string of the molecule is CCCOCC(CCC1CCCCC1)(COCC)C1CCCCC1. The Labute approximate surface area is 151 Å². The van der Waals surface area contributed by atoms with E-state index in [4.69, 9.17) is 9.47 Å². The lowest BCUT2D eigenvalue weighted by atomic mass is 9.66. The van der Waals surface area contributed by atoms with Crippen LogP contribution in [0.4, 0.5) is 0 Å². The van der Waals surface area contributed by atoms with Crippen LogP contribution in [0.15, 0.2) is 0 Å². The third kappa shape index (κ3) is 6.33. The predicted octanol–water partition coefficient (Wildman–Crippen LogP) is 6.38. The quantitative estimate of drug-likeness (QED) is 0.407. The van der Waals surface area contributed by atoms with Gasteiger partial charge in [-0.1, -0.05) is 58.3 Å². The molecule has 2 rings (SSSR count). The van der Waals surface area contributed by atoms with Crippen molar-refractivity contribution in [3.63, 3.8) is 0 Å². The molecule has 0 aromatic carbocycles. The van der Waals surface area contributed by atoms with E-state index in [9.17, 15) is 0 Å². The van der Waals surface area contributed by atoms with Crippen molar-refractivity contribution in [2.45, 2.75) is 97.3 Å². The molecule has 0 N–H and O–H groups in total. The van der Waals surface area contributed by atoms with Gasteiger partial charge >= 0.3 is 0 Å². The van der Waals surface area contributed by atoms with Gasteiger partial charge in [-0.3, -0.25) is 0 Å². The van der Waals surface area contributed by atoms with Crippen LogP contribution in [0.3, 0.4) is 0 Å². The van der Waals surface area contributed by atoms with Crippen LogP contribution in [0.2, 0.25) is 0 Å². The highest BCUT2D eigenvalue weighted by atomic mass is 16.5. The summed E-state index contributed by atoms with van der Waals surface area (Å²) < 4.78 is 12.2. The molecule has 0 aliphatic heterocycles. The number of hydrogen-bond donors (Lipinski definition) is 0. The average molecular weight is 339 g/mol. The first-order chi connectivity index (χ1) is 11.8. The number of ether oxygens (including phenoxy) is 2. The van der Waals surface area contributed by atoms with Crippen LogP contribution in [0.1, 0.15) is 97.3 Å². The van der Waals surface area contributed by atoms with Gasteiger partial charge in [0, 0.05) is 18.6 Å². The first-order valence-electron chi connectivity index (χ1n) is 11.0. The second-order valence-electron chi connectivity index (χ2n) is 8.43. The molecule has 0 aromatic heterocycles. The Morgan fingerprint density at radius 1 is 0.792 bits per heavy atom. The molecular formula is C22H42O2. The third-order valence-corrected chi connectivity index (χ3v) is 6.58. The van der Waals surface area contributed by atoms with Gasteiger partial charge < -0.3 is 9.47 Å². The zero-order chi connectivity index (χ0) is 17.1. The average Bonchev–Trinajstić information content (AvgIpc) is 2.65. The van der Waals surface area contributed by atoms with Crippen molar-refractivity contribution in [2.75, 3.05) is 26.4 Å². The third-order valence-electron chi connectivity index (χ3n) is 6.58. The summed E-state index contributed by atoms with van der Waals surface area (Å²) in [4.78, 5) is 0. The maximum Gasteiger partial charge on any atom is 0.0547 e. The normalized spacial score (nSPS) is 23.2. The molecule has 1 unspecified atom stereocenters. The van der Waals surface area contributed by atoms with Gasteiger partial charge in [0.15, 0.2) is 0 Å². The van der Waals surface area contributed by atoms with E-state index in [0.29, 0.717) is 0 Å². The van der Waals surface area contributed by atoms with Crippen LogP contribution < -0.4 is 0 Å². The Hall–Kier alpha value is -0.0800. The van der Waals surface area contributed by atoms with Gasteiger partial charge in [-0.05, 0) is 50.9 Å². The Kier molecular flexibility index (Phi) is 9.71. The van der Waals surface area contributed by atoms with E-state index in [-0.39, 0.29) is 5.41 Å². The van der Waals surface area contributed by atoms with E-state index in [0.717, 1.165) is 44.7 Å². The number of rotatable bonds is 11. The summed E-state index contributed by atoms with van der Waals surface area (Å²) in [6, 6.07) is 0. The largest absolute Gasteiger partial charge is 0.381 e. The molecule has 0 aromatic rings. The topological polar surface area (TPSA) is 18.5 Å². The second-order valence-corrected chi connectivity index (χ2v) is 8.43. The number of hydrogen-bond acceptors (Lipinski definition) is 2. The molecule has 2 fully saturated rings. The standard InChI is InChI=1S/C22H42O2/c1-3-17-24-19-22(18-23-4-2,21-13-9-6-10-14-21)16-15-20-11-7-5-8-12-20/h20-21H,3-19H2,1-2H3. The Morgan fingerprint density at radius 2 is 1.42 bits per heavy atom. The fourth-order valence-electron chi connectivity index (χ4n) is 5.03. The molecule has 0 amide bonds. The highest BCUT2D eigenvalue weighted by Gasteiger charge is 2.40. The lowest BCUT2D eigenvalue weighted by Crippen LogP contribution is -2.41. The molecule has 142 valence electrons. The van der Waals surface area contributed by atoms with Crippen LogP contribution in [-0.2, 0) is 9.47 Å². The van der Waals surface area contributed by atoms with Gasteiger partial charge in [-0.2, -0.15) is 0 Å². The summed E-state index contributed by atoms with van der Waals surface area (Å²) >= 11 is 0. The van der Waals surface area contributed by atoms with E-state index < -0.39 is 0 Å². The van der Waals surface area contributed by atoms with Gasteiger partial charge in [0.25, 0.3) is 0 Å². The minimum atomic E-state index is 0.281. The molecule has 0 radical (unpaired) electrons. The van der Waals surface area contributed by atoms with Crippen LogP contribution in [-0.4, -0.2) is 26.4 Å². The molecule has 1 atom stereocenters. The van der Waals surface area contributed by atoms with Crippen molar-refractivity contribution >= 4 is 0 Å². The van der Waals surface area contributed by atoms with Gasteiger partial charge in [-0.15, -0.1) is 0 Å². The van der Waals surface area contributed by atoms with Crippen LogP contribution in [0.5, 0.6) is 0 Å². The second kappa shape index (κ2) is 11.5. The van der Waals surface area contributed by atoms with Crippen molar-refractivity contribution in [3.8, 4) is 0 Å². The summed E-state index contributed by atoms with van der Waals surface area (Å²) in [6.07, 6.45) is 18.2. The summed E-state index contributed by atoms with van der Waals surface area (Å²) in [5.74, 6) is 1.78. The molecule has 0 bridgehead atoms. The molecule has 0 spiro atoms. The molecule has 2 aliphatic rings. The summed E-state index contributed by atoms with van der Waals surface area (Å²) in [5, 5.41) is 0. The zero-order valence-corrected chi connectivity index (χ0v) is 16.5. The van der Waals surface area contributed by atoms with Crippen LogP contribution in [0.25, 0.3) is 0 Å². The lowest BCUT2D eigenvalue weighted by molar-refractivity contribution is -0.0706. The van der Waals surface area contributed by atoms with Crippen molar-refractivity contribution < 1.29 is 9.47 Å². The van der Waals surface area contributed by atoms with E-state index in [1.54, 1.807) is 0 Å². The van der Waals surface area contributed by atoms with E-state index >= 15 is 0 Å². The molecule has 2 nitrogen and oxygen atoms in total. The zero-order valence-electron chi connectivity index (χ0n) is 16.5. The van der Waals surface area contributed by atoms with E-state index in [2.05, 4.69) is 13.8 Å². The first-order valence-corrected chi connectivity index (χ1v) is 11.0. The van der Waals surface area contributed by atoms with Crippen molar-refractivity contribution in [1.29, 1.82) is 0 Å². The first kappa shape index (κ1) is 20.2. The molecular weight excluding hydrogens is 296 g/mol. The summed E-state index contributed by atoms with van der Waals surface area (Å²) in [5.41, 5.74) is 0.281. The Bertz CT molecular complexity index is 305. The molecule has 0 heterocycles. The van der Waals surface area contributed by atoms with Gasteiger partial charge in [-0.25, -0.2) is 0 Å². The van der Waals surface area contributed by atoms with E-state index in [1.165, 1.54) is 77.0 Å². The van der Waals surface area contributed by atoms with E-state index in [1.807, 2.05) is 0 Å².